The van der Waals surface area contributed by atoms with E-state index < -0.39 is 26.0 Å². The monoisotopic (exact) mass is 533 g/mol. The molecule has 32 heavy (non-hydrogen) atoms. The highest BCUT2D eigenvalue weighted by Crippen LogP contribution is 2.35. The van der Waals surface area contributed by atoms with E-state index in [1.54, 1.807) is 6.07 Å². The van der Waals surface area contributed by atoms with Crippen LogP contribution in [-0.4, -0.2) is 41.1 Å². The predicted octanol–water partition coefficient (Wildman–Crippen LogP) is 4.36. The first-order valence-electron chi connectivity index (χ1n) is 8.82. The Morgan fingerprint density at radius 2 is 1.59 bits per heavy atom. The number of hydrogen-bond donors (Lipinski definition) is 2. The number of amides is 1. The summed E-state index contributed by atoms with van der Waals surface area (Å²) in [6, 6.07) is 12.8. The van der Waals surface area contributed by atoms with E-state index >= 15 is 0 Å². The minimum absolute atomic E-state index is 0.0389. The lowest BCUT2D eigenvalue weighted by Crippen LogP contribution is -2.22. The summed E-state index contributed by atoms with van der Waals surface area (Å²) in [5.41, 5.74) is 0.760. The number of halogens is 2. The Hall–Kier alpha value is -2.15. The molecule has 0 spiro atoms. The highest BCUT2D eigenvalue weighted by Gasteiger charge is 2.21. The lowest BCUT2D eigenvalue weighted by atomic mass is 10.2. The van der Waals surface area contributed by atoms with Crippen LogP contribution >= 0.6 is 34.5 Å². The van der Waals surface area contributed by atoms with Crippen LogP contribution in [0.15, 0.2) is 64.4 Å². The molecule has 2 aromatic carbocycles. The van der Waals surface area contributed by atoms with Crippen molar-refractivity contribution in [2.45, 2.75) is 9.79 Å². The fourth-order valence-corrected chi connectivity index (χ4v) is 6.71. The van der Waals surface area contributed by atoms with Gasteiger partial charge in [0, 0.05) is 31.0 Å². The molecular weight excluding hydrogens is 517 g/mol. The van der Waals surface area contributed by atoms with Gasteiger partial charge in [-0.3, -0.25) is 9.52 Å². The number of anilines is 2. The Morgan fingerprint density at radius 3 is 2.16 bits per heavy atom. The van der Waals surface area contributed by atoms with Crippen molar-refractivity contribution in [3.05, 3.63) is 68.8 Å². The second-order valence-electron chi connectivity index (χ2n) is 6.64. The van der Waals surface area contributed by atoms with Crippen molar-refractivity contribution in [1.29, 1.82) is 0 Å². The number of nitrogens with zero attached hydrogens (tertiary/aromatic N) is 1. The van der Waals surface area contributed by atoms with Crippen molar-refractivity contribution < 1.29 is 21.6 Å². The largest absolute Gasteiger partial charge is 0.322 e. The summed E-state index contributed by atoms with van der Waals surface area (Å²) >= 11 is 12.7. The molecule has 1 amide bonds. The highest BCUT2D eigenvalue weighted by atomic mass is 35.5. The van der Waals surface area contributed by atoms with Crippen molar-refractivity contribution in [1.82, 2.24) is 4.31 Å². The van der Waals surface area contributed by atoms with Gasteiger partial charge in [0.25, 0.3) is 15.9 Å². The lowest BCUT2D eigenvalue weighted by Gasteiger charge is -2.13. The van der Waals surface area contributed by atoms with E-state index in [0.29, 0.717) is 5.69 Å². The second-order valence-corrected chi connectivity index (χ2v) is 12.7. The maximum Gasteiger partial charge on any atom is 0.264 e. The van der Waals surface area contributed by atoms with Gasteiger partial charge >= 0.3 is 0 Å². The SMILES string of the molecule is CN(C)S(=O)(=O)c1cccc(NC(=O)c2ccc(NS(=O)(=O)c3cc(Cl)sc3Cl)cc2)c1. The quantitative estimate of drug-likeness (QED) is 0.468. The molecule has 170 valence electrons. The van der Waals surface area contributed by atoms with Crippen LogP contribution in [0.1, 0.15) is 10.4 Å². The van der Waals surface area contributed by atoms with Crippen LogP contribution in [0.4, 0.5) is 11.4 Å². The molecule has 0 aliphatic heterocycles. The zero-order chi connectivity index (χ0) is 23.7. The van der Waals surface area contributed by atoms with Gasteiger partial charge in [0.2, 0.25) is 10.0 Å². The summed E-state index contributed by atoms with van der Waals surface area (Å²) in [5.74, 6) is -0.494. The van der Waals surface area contributed by atoms with E-state index in [1.165, 1.54) is 62.6 Å². The minimum Gasteiger partial charge on any atom is -0.322 e. The number of sulfonamides is 2. The molecule has 0 radical (unpaired) electrons. The second kappa shape index (κ2) is 9.38. The van der Waals surface area contributed by atoms with Gasteiger partial charge in [-0.05, 0) is 48.5 Å². The number of thiophene rings is 1. The number of nitrogens with one attached hydrogen (secondary N) is 2. The van der Waals surface area contributed by atoms with Crippen LogP contribution in [0.3, 0.4) is 0 Å². The molecule has 0 saturated heterocycles. The van der Waals surface area contributed by atoms with Crippen LogP contribution in [-0.2, 0) is 20.0 Å². The fraction of sp³-hybridized carbons (Fsp3) is 0.105. The van der Waals surface area contributed by atoms with Crippen LogP contribution in [0.25, 0.3) is 0 Å². The van der Waals surface area contributed by atoms with E-state index in [4.69, 9.17) is 23.2 Å². The van der Waals surface area contributed by atoms with Crippen LogP contribution in [0, 0.1) is 0 Å². The number of benzene rings is 2. The zero-order valence-electron chi connectivity index (χ0n) is 16.7. The molecule has 0 bridgehead atoms. The average Bonchev–Trinajstić information content (AvgIpc) is 3.07. The summed E-state index contributed by atoms with van der Waals surface area (Å²) in [6.07, 6.45) is 0. The Labute approximate surface area is 199 Å². The molecule has 2 N–H and O–H groups in total. The van der Waals surface area contributed by atoms with Crippen LogP contribution in [0.2, 0.25) is 8.67 Å². The Bertz CT molecular complexity index is 1370. The molecule has 3 aromatic rings. The number of carbonyl (C=O) groups excluding carboxylic acids is 1. The lowest BCUT2D eigenvalue weighted by molar-refractivity contribution is 0.102. The minimum atomic E-state index is -3.95. The molecule has 0 aliphatic rings. The Balaban J connectivity index is 1.74. The first-order chi connectivity index (χ1) is 14.9. The third-order valence-corrected chi connectivity index (χ3v) is 9.13. The van der Waals surface area contributed by atoms with Gasteiger partial charge in [-0.15, -0.1) is 11.3 Å². The number of rotatable bonds is 7. The molecule has 0 aliphatic carbocycles. The van der Waals surface area contributed by atoms with Gasteiger partial charge in [-0.25, -0.2) is 21.1 Å². The first-order valence-corrected chi connectivity index (χ1v) is 13.3. The van der Waals surface area contributed by atoms with E-state index in [2.05, 4.69) is 10.0 Å². The normalized spacial score (nSPS) is 12.0. The summed E-state index contributed by atoms with van der Waals surface area (Å²) in [6.45, 7) is 0. The smallest absolute Gasteiger partial charge is 0.264 e. The molecule has 1 aromatic heterocycles. The van der Waals surface area contributed by atoms with Gasteiger partial charge in [0.1, 0.15) is 9.23 Å². The van der Waals surface area contributed by atoms with Gasteiger partial charge < -0.3 is 5.32 Å². The summed E-state index contributed by atoms with van der Waals surface area (Å²) in [4.78, 5) is 12.4. The van der Waals surface area contributed by atoms with Crippen molar-refractivity contribution in [2.75, 3.05) is 24.1 Å². The zero-order valence-corrected chi connectivity index (χ0v) is 20.6. The summed E-state index contributed by atoms with van der Waals surface area (Å²) in [7, 11) is -4.77. The molecule has 8 nitrogen and oxygen atoms in total. The Kier molecular flexibility index (Phi) is 7.18. The molecule has 0 atom stereocenters. The molecule has 0 fully saturated rings. The molecule has 3 rings (SSSR count). The van der Waals surface area contributed by atoms with E-state index in [0.717, 1.165) is 15.6 Å². The van der Waals surface area contributed by atoms with Crippen molar-refractivity contribution >= 4 is 71.9 Å². The highest BCUT2D eigenvalue weighted by molar-refractivity contribution is 7.93. The predicted molar refractivity (Wildman–Crippen MR) is 127 cm³/mol. The molecule has 0 saturated carbocycles. The fourth-order valence-electron chi connectivity index (χ4n) is 2.56. The first kappa shape index (κ1) is 24.5. The molecule has 0 unspecified atom stereocenters. The van der Waals surface area contributed by atoms with Gasteiger partial charge in [0.15, 0.2) is 0 Å². The number of carbonyl (C=O) groups is 1. The summed E-state index contributed by atoms with van der Waals surface area (Å²) < 4.78 is 53.2. The maximum atomic E-state index is 12.5. The van der Waals surface area contributed by atoms with Crippen molar-refractivity contribution in [3.63, 3.8) is 0 Å². The van der Waals surface area contributed by atoms with Crippen molar-refractivity contribution in [3.8, 4) is 0 Å². The molecule has 1 heterocycles. The van der Waals surface area contributed by atoms with Crippen LogP contribution in [0.5, 0.6) is 0 Å². The van der Waals surface area contributed by atoms with Gasteiger partial charge in [-0.2, -0.15) is 0 Å². The topological polar surface area (TPSA) is 113 Å². The van der Waals surface area contributed by atoms with E-state index in [-0.39, 0.29) is 29.7 Å². The van der Waals surface area contributed by atoms with Crippen LogP contribution < -0.4 is 10.0 Å². The Morgan fingerprint density at radius 1 is 0.938 bits per heavy atom. The average molecular weight is 534 g/mol. The molecular formula is C19H17Cl2N3O5S3. The van der Waals surface area contributed by atoms with Crippen molar-refractivity contribution in [2.24, 2.45) is 0 Å². The third kappa shape index (κ3) is 5.42. The van der Waals surface area contributed by atoms with E-state index in [1.807, 2.05) is 0 Å². The summed E-state index contributed by atoms with van der Waals surface area (Å²) in [5, 5.41) is 2.62. The third-order valence-electron chi connectivity index (χ3n) is 4.18. The maximum absolute atomic E-state index is 12.5. The molecule has 13 heteroatoms. The number of hydrogen-bond acceptors (Lipinski definition) is 6. The van der Waals surface area contributed by atoms with E-state index in [9.17, 15) is 21.6 Å². The van der Waals surface area contributed by atoms with Gasteiger partial charge in [-0.1, -0.05) is 29.3 Å². The standard InChI is InChI=1S/C19H17Cl2N3O5S3/c1-24(2)32(28,29)15-5-3-4-14(10-15)22-19(25)12-6-8-13(9-7-12)23-31(26,27)16-11-17(20)30-18(16)21/h3-11,23H,1-2H3,(H,22,25). The van der Waals surface area contributed by atoms with Gasteiger partial charge in [0.05, 0.1) is 9.23 Å².